The van der Waals surface area contributed by atoms with Gasteiger partial charge >= 0.3 is 0 Å². The molecule has 2 aromatic rings. The maximum atomic E-state index is 12.1. The molecule has 0 aromatic heterocycles. The highest BCUT2D eigenvalue weighted by atomic mass is 16.2. The second-order valence-electron chi connectivity index (χ2n) is 7.84. The van der Waals surface area contributed by atoms with E-state index in [2.05, 4.69) is 45.1 Å². The highest BCUT2D eigenvalue weighted by Gasteiger charge is 2.27. The molecule has 0 spiro atoms. The van der Waals surface area contributed by atoms with Crippen molar-refractivity contribution >= 4 is 28.9 Å². The van der Waals surface area contributed by atoms with Crippen LogP contribution in [0.5, 0.6) is 0 Å². The fourth-order valence-corrected chi connectivity index (χ4v) is 3.90. The van der Waals surface area contributed by atoms with Crippen molar-refractivity contribution in [2.75, 3.05) is 29.9 Å². The van der Waals surface area contributed by atoms with E-state index in [1.807, 2.05) is 24.3 Å². The van der Waals surface area contributed by atoms with E-state index in [0.29, 0.717) is 13.1 Å². The van der Waals surface area contributed by atoms with Crippen LogP contribution in [0.3, 0.4) is 0 Å². The van der Waals surface area contributed by atoms with Gasteiger partial charge in [-0.1, -0.05) is 12.1 Å². The lowest BCUT2D eigenvalue weighted by atomic mass is 10.1. The molecule has 2 saturated heterocycles. The Morgan fingerprint density at radius 2 is 1.62 bits per heavy atom. The van der Waals surface area contributed by atoms with Gasteiger partial charge in [-0.15, -0.1) is 0 Å². The van der Waals surface area contributed by atoms with Crippen LogP contribution in [0, 0.1) is 5.92 Å². The van der Waals surface area contributed by atoms with Crippen LogP contribution in [0.25, 0.3) is 0 Å². The molecule has 1 atom stereocenters. The van der Waals surface area contributed by atoms with Gasteiger partial charge < -0.3 is 20.9 Å². The molecule has 0 saturated carbocycles. The summed E-state index contributed by atoms with van der Waals surface area (Å²) in [6.45, 7) is 3.20. The lowest BCUT2D eigenvalue weighted by Crippen LogP contribution is -2.31. The van der Waals surface area contributed by atoms with Crippen molar-refractivity contribution in [1.29, 1.82) is 0 Å². The van der Waals surface area contributed by atoms with Gasteiger partial charge in [0.25, 0.3) is 0 Å². The second kappa shape index (κ2) is 8.99. The molecule has 0 aliphatic carbocycles. The van der Waals surface area contributed by atoms with Gasteiger partial charge in [0, 0.05) is 49.7 Å². The van der Waals surface area contributed by atoms with E-state index in [-0.39, 0.29) is 24.2 Å². The third kappa shape index (κ3) is 5.08. The molecule has 6 nitrogen and oxygen atoms in total. The van der Waals surface area contributed by atoms with E-state index in [0.717, 1.165) is 30.0 Å². The predicted molar refractivity (Wildman–Crippen MR) is 115 cm³/mol. The van der Waals surface area contributed by atoms with E-state index >= 15 is 0 Å². The van der Waals surface area contributed by atoms with Crippen LogP contribution in [0.2, 0.25) is 0 Å². The summed E-state index contributed by atoms with van der Waals surface area (Å²) in [6, 6.07) is 16.6. The number of nitrogens with zero attached hydrogens (tertiary/aromatic N) is 1. The Kier molecular flexibility index (Phi) is 5.98. The van der Waals surface area contributed by atoms with Gasteiger partial charge in [-0.05, 0) is 61.2 Å². The van der Waals surface area contributed by atoms with Gasteiger partial charge in [0.2, 0.25) is 11.8 Å². The van der Waals surface area contributed by atoms with Crippen LogP contribution in [0.1, 0.15) is 31.2 Å². The summed E-state index contributed by atoms with van der Waals surface area (Å²) >= 11 is 0. The van der Waals surface area contributed by atoms with E-state index in [4.69, 9.17) is 0 Å². The summed E-state index contributed by atoms with van der Waals surface area (Å²) < 4.78 is 0. The Morgan fingerprint density at radius 3 is 2.24 bits per heavy atom. The topological polar surface area (TPSA) is 73.5 Å². The summed E-state index contributed by atoms with van der Waals surface area (Å²) in [5.41, 5.74) is 4.39. The average molecular weight is 393 g/mol. The van der Waals surface area contributed by atoms with Crippen molar-refractivity contribution in [1.82, 2.24) is 10.6 Å². The number of hydrogen-bond acceptors (Lipinski definition) is 4. The highest BCUT2D eigenvalue weighted by molar-refractivity contribution is 5.89. The minimum atomic E-state index is -0.253. The number of carbonyl (C=O) groups is 2. The summed E-state index contributed by atoms with van der Waals surface area (Å²) in [7, 11) is 0. The summed E-state index contributed by atoms with van der Waals surface area (Å²) in [5.74, 6) is -0.375. The van der Waals surface area contributed by atoms with E-state index in [1.54, 1.807) is 0 Å². The first-order chi connectivity index (χ1) is 14.2. The molecule has 0 radical (unpaired) electrons. The summed E-state index contributed by atoms with van der Waals surface area (Å²) in [6.07, 6.45) is 4.18. The molecule has 0 bridgehead atoms. The fourth-order valence-electron chi connectivity index (χ4n) is 3.90. The number of amides is 2. The van der Waals surface area contributed by atoms with E-state index in [9.17, 15) is 9.59 Å². The molecule has 2 heterocycles. The van der Waals surface area contributed by atoms with Gasteiger partial charge in [-0.25, -0.2) is 0 Å². The van der Waals surface area contributed by atoms with Crippen LogP contribution < -0.4 is 20.9 Å². The van der Waals surface area contributed by atoms with Crippen molar-refractivity contribution in [2.24, 2.45) is 5.92 Å². The first kappa shape index (κ1) is 19.3. The van der Waals surface area contributed by atoms with Crippen LogP contribution in [0.4, 0.5) is 17.1 Å². The number of hydrogen-bond donors (Lipinski definition) is 3. The van der Waals surface area contributed by atoms with Crippen LogP contribution in [-0.4, -0.2) is 31.4 Å². The number of carbonyl (C=O) groups excluding carboxylic acids is 2. The minimum Gasteiger partial charge on any atom is -0.372 e. The number of piperidine rings is 1. The quantitative estimate of drug-likeness (QED) is 0.706. The average Bonchev–Trinajstić information content (AvgIpc) is 3.21. The molecule has 152 valence electrons. The Hall–Kier alpha value is -3.02. The molecule has 29 heavy (non-hydrogen) atoms. The second-order valence-corrected chi connectivity index (χ2v) is 7.84. The predicted octanol–water partition coefficient (Wildman–Crippen LogP) is 3.17. The smallest absolute Gasteiger partial charge is 0.225 e. The van der Waals surface area contributed by atoms with Crippen molar-refractivity contribution in [3.8, 4) is 0 Å². The monoisotopic (exact) mass is 392 g/mol. The SMILES string of the molecule is O=C1CC(C(=O)NCc2ccc(Nc3ccc(N4CCCCC4)cc3)cc2)CN1. The van der Waals surface area contributed by atoms with Gasteiger partial charge in [0.1, 0.15) is 0 Å². The highest BCUT2D eigenvalue weighted by Crippen LogP contribution is 2.24. The lowest BCUT2D eigenvalue weighted by molar-refractivity contribution is -0.126. The Bertz CT molecular complexity index is 842. The molecule has 4 rings (SSSR count). The van der Waals surface area contributed by atoms with E-state index in [1.165, 1.54) is 24.9 Å². The summed E-state index contributed by atoms with van der Waals surface area (Å²) in [5, 5.41) is 9.03. The maximum absolute atomic E-state index is 12.1. The molecule has 6 heteroatoms. The van der Waals surface area contributed by atoms with Crippen molar-refractivity contribution in [3.63, 3.8) is 0 Å². The van der Waals surface area contributed by atoms with Crippen LogP contribution in [0.15, 0.2) is 48.5 Å². The van der Waals surface area contributed by atoms with Gasteiger partial charge in [0.05, 0.1) is 5.92 Å². The lowest BCUT2D eigenvalue weighted by Gasteiger charge is -2.28. The van der Waals surface area contributed by atoms with Crippen molar-refractivity contribution in [3.05, 3.63) is 54.1 Å². The molecule has 3 N–H and O–H groups in total. The zero-order valence-electron chi connectivity index (χ0n) is 16.6. The zero-order valence-corrected chi connectivity index (χ0v) is 16.6. The van der Waals surface area contributed by atoms with Gasteiger partial charge in [-0.2, -0.15) is 0 Å². The molecule has 2 fully saturated rings. The third-order valence-corrected chi connectivity index (χ3v) is 5.65. The first-order valence-electron chi connectivity index (χ1n) is 10.4. The van der Waals surface area contributed by atoms with E-state index < -0.39 is 0 Å². The normalized spacial score (nSPS) is 19.0. The Balaban J connectivity index is 1.27. The van der Waals surface area contributed by atoms with Gasteiger partial charge in [-0.3, -0.25) is 9.59 Å². The molecular weight excluding hydrogens is 364 g/mol. The molecule has 2 aromatic carbocycles. The summed E-state index contributed by atoms with van der Waals surface area (Å²) in [4.78, 5) is 25.8. The minimum absolute atomic E-state index is 0.0514. The molecule has 2 aliphatic rings. The molecular formula is C23H28N4O2. The molecule has 2 amide bonds. The maximum Gasteiger partial charge on any atom is 0.225 e. The Morgan fingerprint density at radius 1 is 0.966 bits per heavy atom. The first-order valence-corrected chi connectivity index (χ1v) is 10.4. The number of benzene rings is 2. The fraction of sp³-hybridized carbons (Fsp3) is 0.391. The van der Waals surface area contributed by atoms with Crippen molar-refractivity contribution in [2.45, 2.75) is 32.2 Å². The standard InChI is InChI=1S/C23H28N4O2/c28-22-14-18(16-24-22)23(29)25-15-17-4-6-19(7-5-17)26-20-8-10-21(11-9-20)27-12-2-1-3-13-27/h4-11,18,26H,1-3,12-16H2,(H,24,28)(H,25,29). The number of nitrogens with one attached hydrogen (secondary N) is 3. The van der Waals surface area contributed by atoms with Gasteiger partial charge in [0.15, 0.2) is 0 Å². The molecule has 2 aliphatic heterocycles. The number of anilines is 3. The van der Waals surface area contributed by atoms with Crippen LogP contribution in [-0.2, 0) is 16.1 Å². The molecule has 1 unspecified atom stereocenters. The largest absolute Gasteiger partial charge is 0.372 e. The van der Waals surface area contributed by atoms with Crippen molar-refractivity contribution < 1.29 is 9.59 Å². The third-order valence-electron chi connectivity index (χ3n) is 5.65. The Labute approximate surface area is 171 Å². The number of rotatable bonds is 6. The zero-order chi connectivity index (χ0) is 20.1. The van der Waals surface area contributed by atoms with Crippen LogP contribution >= 0.6 is 0 Å².